The number of carbonyl (C=O) groups is 2. The van der Waals surface area contributed by atoms with Gasteiger partial charge < -0.3 is 4.74 Å². The van der Waals surface area contributed by atoms with Gasteiger partial charge in [-0.3, -0.25) is 9.59 Å². The number of benzene rings is 2. The largest absolute Gasteiger partial charge is 0.489 e. The molecule has 32 heavy (non-hydrogen) atoms. The number of amides is 2. The fraction of sp³-hybridized carbons (Fsp3) is 0.308. The highest BCUT2D eigenvalue weighted by molar-refractivity contribution is 6.06. The summed E-state index contributed by atoms with van der Waals surface area (Å²) in [5.41, 5.74) is 2.20. The molecule has 2 bridgehead atoms. The smallest absolute Gasteiger partial charge is 0.254 e. The molecule has 0 spiro atoms. The summed E-state index contributed by atoms with van der Waals surface area (Å²) in [7, 11) is 0. The van der Waals surface area contributed by atoms with E-state index < -0.39 is 0 Å². The summed E-state index contributed by atoms with van der Waals surface area (Å²) in [6, 6.07) is 16.8. The van der Waals surface area contributed by atoms with Gasteiger partial charge in [0.2, 0.25) is 0 Å². The van der Waals surface area contributed by atoms with E-state index in [2.05, 4.69) is 23.3 Å². The predicted octanol–water partition coefficient (Wildman–Crippen LogP) is 3.52. The Bertz CT molecular complexity index is 1170. The Morgan fingerprint density at radius 2 is 1.66 bits per heavy atom. The van der Waals surface area contributed by atoms with Gasteiger partial charge in [0, 0.05) is 5.56 Å². The summed E-state index contributed by atoms with van der Waals surface area (Å²) >= 11 is 0. The van der Waals surface area contributed by atoms with Crippen LogP contribution in [0.5, 0.6) is 5.75 Å². The number of nitriles is 1. The molecule has 0 aromatic heterocycles. The highest BCUT2D eigenvalue weighted by atomic mass is 16.5. The maximum absolute atomic E-state index is 13.0. The van der Waals surface area contributed by atoms with Crippen molar-refractivity contribution in [3.8, 4) is 11.8 Å². The zero-order valence-corrected chi connectivity index (χ0v) is 17.3. The molecule has 2 aromatic rings. The van der Waals surface area contributed by atoms with Crippen molar-refractivity contribution < 1.29 is 14.3 Å². The number of hydrazone groups is 1. The van der Waals surface area contributed by atoms with Gasteiger partial charge in [-0.05, 0) is 66.0 Å². The zero-order valence-electron chi connectivity index (χ0n) is 17.3. The highest BCUT2D eigenvalue weighted by Gasteiger charge is 2.67. The molecule has 1 aliphatic heterocycles. The van der Waals surface area contributed by atoms with Gasteiger partial charge in [-0.25, -0.2) is 0 Å². The van der Waals surface area contributed by atoms with Gasteiger partial charge in [-0.2, -0.15) is 15.4 Å². The minimum atomic E-state index is -0.231. The average molecular weight is 423 g/mol. The molecule has 6 heteroatoms. The van der Waals surface area contributed by atoms with Crippen LogP contribution >= 0.6 is 0 Å². The first-order valence-electron chi connectivity index (χ1n) is 11.0. The number of hydrogen-bond acceptors (Lipinski definition) is 5. The van der Waals surface area contributed by atoms with Crippen molar-refractivity contribution in [2.24, 2.45) is 40.6 Å². The highest BCUT2D eigenvalue weighted by Crippen LogP contribution is 2.65. The van der Waals surface area contributed by atoms with E-state index in [1.165, 1.54) is 0 Å². The van der Waals surface area contributed by atoms with Crippen molar-refractivity contribution in [2.75, 3.05) is 0 Å². The van der Waals surface area contributed by atoms with Gasteiger partial charge in [0.05, 0.1) is 29.7 Å². The third kappa shape index (κ3) is 2.89. The first-order chi connectivity index (χ1) is 15.7. The average Bonchev–Trinajstić information content (AvgIpc) is 3.61. The molecule has 7 rings (SSSR count). The van der Waals surface area contributed by atoms with Crippen LogP contribution in [0, 0.1) is 46.8 Å². The van der Waals surface area contributed by atoms with Crippen molar-refractivity contribution in [2.45, 2.75) is 13.0 Å². The number of carbonyl (C=O) groups excluding carboxylic acids is 2. The van der Waals surface area contributed by atoms with E-state index in [-0.39, 0.29) is 35.5 Å². The summed E-state index contributed by atoms with van der Waals surface area (Å²) in [4.78, 5) is 25.9. The molecule has 1 saturated heterocycles. The third-order valence-electron chi connectivity index (χ3n) is 7.37. The molecule has 4 aliphatic carbocycles. The van der Waals surface area contributed by atoms with E-state index in [9.17, 15) is 14.9 Å². The fourth-order valence-electron chi connectivity index (χ4n) is 5.75. The minimum absolute atomic E-state index is 0.155. The molecule has 6 atom stereocenters. The van der Waals surface area contributed by atoms with Gasteiger partial charge in [0.1, 0.15) is 12.4 Å². The lowest BCUT2D eigenvalue weighted by Crippen LogP contribution is -2.40. The monoisotopic (exact) mass is 423 g/mol. The van der Waals surface area contributed by atoms with Crippen LogP contribution in [0.4, 0.5) is 0 Å². The van der Waals surface area contributed by atoms with Crippen LogP contribution in [0.25, 0.3) is 0 Å². The van der Waals surface area contributed by atoms with Crippen molar-refractivity contribution in [3.05, 3.63) is 77.4 Å². The van der Waals surface area contributed by atoms with Crippen molar-refractivity contribution in [3.63, 3.8) is 0 Å². The topological polar surface area (TPSA) is 82.8 Å². The quantitative estimate of drug-likeness (QED) is 0.419. The molecule has 2 aromatic carbocycles. The summed E-state index contributed by atoms with van der Waals surface area (Å²) in [5.74, 6) is 1.46. The molecule has 2 amide bonds. The Balaban J connectivity index is 1.13. The van der Waals surface area contributed by atoms with Crippen LogP contribution in [0.1, 0.15) is 23.1 Å². The SMILES string of the molecule is N#Cc1ccccc1COc1ccc(C=NN2C(=O)[C@@H]3[C@H]4C=C[C@@H]([C@@H]5C[C@@H]45)[C@@H]3C2=O)cc1. The molecule has 3 fully saturated rings. The number of rotatable bonds is 5. The van der Waals surface area contributed by atoms with Crippen molar-refractivity contribution in [1.82, 2.24) is 5.01 Å². The van der Waals surface area contributed by atoms with Gasteiger partial charge in [0.25, 0.3) is 11.8 Å². The number of nitrogens with zero attached hydrogens (tertiary/aromatic N) is 3. The summed E-state index contributed by atoms with van der Waals surface area (Å²) < 4.78 is 5.79. The Morgan fingerprint density at radius 1 is 1.00 bits per heavy atom. The van der Waals surface area contributed by atoms with Gasteiger partial charge in [-0.15, -0.1) is 0 Å². The van der Waals surface area contributed by atoms with E-state index in [1.54, 1.807) is 24.4 Å². The van der Waals surface area contributed by atoms with Crippen LogP contribution in [0.2, 0.25) is 0 Å². The predicted molar refractivity (Wildman–Crippen MR) is 116 cm³/mol. The molecule has 2 saturated carbocycles. The molecule has 6 nitrogen and oxygen atoms in total. The molecule has 1 heterocycles. The van der Waals surface area contributed by atoms with Crippen LogP contribution in [0.3, 0.4) is 0 Å². The maximum Gasteiger partial charge on any atom is 0.254 e. The molecule has 0 radical (unpaired) electrons. The number of hydrogen-bond donors (Lipinski definition) is 0. The normalized spacial score (nSPS) is 31.5. The molecule has 158 valence electrons. The van der Waals surface area contributed by atoms with E-state index in [1.807, 2.05) is 30.3 Å². The fourth-order valence-corrected chi connectivity index (χ4v) is 5.75. The lowest BCUT2D eigenvalue weighted by Gasteiger charge is -2.37. The molecule has 0 N–H and O–H groups in total. The first-order valence-corrected chi connectivity index (χ1v) is 11.0. The van der Waals surface area contributed by atoms with Gasteiger partial charge in [-0.1, -0.05) is 30.4 Å². The van der Waals surface area contributed by atoms with Crippen molar-refractivity contribution >= 4 is 18.0 Å². The van der Waals surface area contributed by atoms with E-state index in [0.29, 0.717) is 29.8 Å². The maximum atomic E-state index is 13.0. The van der Waals surface area contributed by atoms with E-state index in [0.717, 1.165) is 22.6 Å². The van der Waals surface area contributed by atoms with Crippen LogP contribution < -0.4 is 4.74 Å². The summed E-state index contributed by atoms with van der Waals surface area (Å²) in [5, 5.41) is 14.5. The Kier molecular flexibility index (Phi) is 4.25. The second kappa shape index (κ2) is 7.16. The van der Waals surface area contributed by atoms with E-state index >= 15 is 0 Å². The van der Waals surface area contributed by atoms with Crippen LogP contribution in [0.15, 0.2) is 65.8 Å². The Labute approximate surface area is 185 Å². The molecule has 5 aliphatic rings. The lowest BCUT2D eigenvalue weighted by molar-refractivity contribution is -0.140. The minimum Gasteiger partial charge on any atom is -0.489 e. The second-order valence-corrected chi connectivity index (χ2v) is 9.01. The first kappa shape index (κ1) is 19.0. The van der Waals surface area contributed by atoms with Gasteiger partial charge >= 0.3 is 0 Å². The summed E-state index contributed by atoms with van der Waals surface area (Å²) in [6.07, 6.45) is 7.02. The standard InChI is InChI=1S/C26H21N3O3/c27-12-16-3-1-2-4-17(16)14-32-18-7-5-15(6-8-18)13-28-29-25(30)23-19-9-10-20(22-11-21(19)22)24(23)26(29)31/h1-10,13,19-24H,11,14H2/t19-,20-,21-,22-,23-,24+/m0/s1. The van der Waals surface area contributed by atoms with Gasteiger partial charge in [0.15, 0.2) is 0 Å². The number of allylic oxidation sites excluding steroid dienone is 2. The number of imide groups is 1. The molecule has 0 unspecified atom stereocenters. The molecular formula is C26H21N3O3. The molecular weight excluding hydrogens is 402 g/mol. The lowest BCUT2D eigenvalue weighted by atomic mass is 9.63. The zero-order chi connectivity index (χ0) is 21.8. The Hall–Kier alpha value is -3.72. The van der Waals surface area contributed by atoms with Crippen molar-refractivity contribution in [1.29, 1.82) is 5.26 Å². The summed E-state index contributed by atoms with van der Waals surface area (Å²) in [6.45, 7) is 0.301. The number of ether oxygens (including phenoxy) is 1. The Morgan fingerprint density at radius 3 is 2.31 bits per heavy atom. The van der Waals surface area contributed by atoms with E-state index in [4.69, 9.17) is 4.74 Å². The third-order valence-corrected chi connectivity index (χ3v) is 7.37. The second-order valence-electron chi connectivity index (χ2n) is 9.01. The van der Waals surface area contributed by atoms with Crippen LogP contribution in [-0.2, 0) is 16.2 Å². The van der Waals surface area contributed by atoms with Crippen LogP contribution in [-0.4, -0.2) is 23.0 Å².